The van der Waals surface area contributed by atoms with Gasteiger partial charge in [-0.05, 0) is 18.9 Å². The average molecular weight is 314 g/mol. The van der Waals surface area contributed by atoms with Gasteiger partial charge in [-0.1, -0.05) is 43.2 Å². The van der Waals surface area contributed by atoms with Crippen LogP contribution in [0.4, 0.5) is 0 Å². The van der Waals surface area contributed by atoms with Crippen molar-refractivity contribution in [2.75, 3.05) is 6.54 Å². The molecule has 0 unspecified atom stereocenters. The molecule has 2 rings (SSSR count). The Hall–Kier alpha value is -2.37. The maximum absolute atomic E-state index is 4.66. The third-order valence-electron chi connectivity index (χ3n) is 3.58. The number of rotatable bonds is 7. The molecular formula is C17H26N6. The Balaban J connectivity index is 1.95. The van der Waals surface area contributed by atoms with Crippen molar-refractivity contribution in [1.82, 2.24) is 25.4 Å². The van der Waals surface area contributed by atoms with Crippen LogP contribution in [0.15, 0.2) is 35.6 Å². The molecule has 2 aromatic rings. The van der Waals surface area contributed by atoms with Crippen molar-refractivity contribution >= 4 is 5.96 Å². The molecular weight excluding hydrogens is 288 g/mol. The second kappa shape index (κ2) is 8.92. The maximum Gasteiger partial charge on any atom is 0.191 e. The van der Waals surface area contributed by atoms with Crippen molar-refractivity contribution in [2.24, 2.45) is 12.0 Å². The molecule has 6 nitrogen and oxygen atoms in total. The molecule has 0 aliphatic heterocycles. The van der Waals surface area contributed by atoms with Gasteiger partial charge in [-0.15, -0.1) is 10.2 Å². The van der Waals surface area contributed by atoms with Crippen LogP contribution in [0.2, 0.25) is 0 Å². The van der Waals surface area contributed by atoms with E-state index in [2.05, 4.69) is 63.9 Å². The predicted octanol–water partition coefficient (Wildman–Crippen LogP) is 2.16. The second-order valence-electron chi connectivity index (χ2n) is 5.64. The minimum absolute atomic E-state index is 0.600. The normalized spacial score (nSPS) is 11.5. The van der Waals surface area contributed by atoms with Crippen LogP contribution in [-0.2, 0) is 20.1 Å². The highest BCUT2D eigenvalue weighted by Gasteiger charge is 2.03. The van der Waals surface area contributed by atoms with E-state index in [9.17, 15) is 0 Å². The fourth-order valence-electron chi connectivity index (χ4n) is 2.05. The van der Waals surface area contributed by atoms with E-state index in [0.717, 1.165) is 31.2 Å². The minimum atomic E-state index is 0.600. The Kier molecular flexibility index (Phi) is 6.59. The summed E-state index contributed by atoms with van der Waals surface area (Å²) in [6.07, 6.45) is 3.97. The molecule has 0 bridgehead atoms. The second-order valence-corrected chi connectivity index (χ2v) is 5.64. The van der Waals surface area contributed by atoms with Crippen LogP contribution >= 0.6 is 0 Å². The number of aryl methyl sites for hydroxylation is 2. The average Bonchev–Trinajstić information content (AvgIpc) is 2.96. The Labute approximate surface area is 138 Å². The number of aliphatic imine (C=N–C) groups is 1. The van der Waals surface area contributed by atoms with Gasteiger partial charge in [0.2, 0.25) is 0 Å². The molecule has 1 aromatic heterocycles. The van der Waals surface area contributed by atoms with Gasteiger partial charge >= 0.3 is 0 Å². The number of aromatic nitrogens is 3. The van der Waals surface area contributed by atoms with Crippen LogP contribution in [0.1, 0.15) is 36.7 Å². The molecule has 0 amide bonds. The van der Waals surface area contributed by atoms with E-state index in [-0.39, 0.29) is 0 Å². The van der Waals surface area contributed by atoms with E-state index in [1.165, 1.54) is 11.1 Å². The van der Waals surface area contributed by atoms with Crippen molar-refractivity contribution in [2.45, 2.75) is 39.8 Å². The number of hydrogen-bond acceptors (Lipinski definition) is 3. The smallest absolute Gasteiger partial charge is 0.191 e. The predicted molar refractivity (Wildman–Crippen MR) is 93.1 cm³/mol. The molecule has 0 saturated heterocycles. The zero-order valence-electron chi connectivity index (χ0n) is 14.2. The first kappa shape index (κ1) is 17.0. The van der Waals surface area contributed by atoms with Gasteiger partial charge in [-0.3, -0.25) is 0 Å². The van der Waals surface area contributed by atoms with Crippen molar-refractivity contribution in [1.29, 1.82) is 0 Å². The van der Waals surface area contributed by atoms with Crippen molar-refractivity contribution in [3.63, 3.8) is 0 Å². The SMILES string of the molecule is CCCCNC(=NCc1ccc(C)cc1)NCc1nncn1C. The van der Waals surface area contributed by atoms with Gasteiger partial charge in [-0.25, -0.2) is 4.99 Å². The van der Waals surface area contributed by atoms with Gasteiger partial charge in [0.1, 0.15) is 6.33 Å². The monoisotopic (exact) mass is 314 g/mol. The van der Waals surface area contributed by atoms with Crippen LogP contribution < -0.4 is 10.6 Å². The van der Waals surface area contributed by atoms with E-state index in [1.807, 2.05) is 11.6 Å². The lowest BCUT2D eigenvalue weighted by Gasteiger charge is -2.12. The quantitative estimate of drug-likeness (QED) is 0.467. The summed E-state index contributed by atoms with van der Waals surface area (Å²) in [6, 6.07) is 8.46. The molecule has 1 heterocycles. The highest BCUT2D eigenvalue weighted by molar-refractivity contribution is 5.79. The summed E-state index contributed by atoms with van der Waals surface area (Å²) in [5.41, 5.74) is 2.46. The van der Waals surface area contributed by atoms with E-state index < -0.39 is 0 Å². The zero-order valence-corrected chi connectivity index (χ0v) is 14.2. The molecule has 0 spiro atoms. The standard InChI is InChI=1S/C17H26N6/c1-4-5-10-18-17(20-12-16-22-21-13-23(16)3)19-11-15-8-6-14(2)7-9-15/h6-9,13H,4-5,10-12H2,1-3H3,(H2,18,19,20). The summed E-state index contributed by atoms with van der Waals surface area (Å²) >= 11 is 0. The summed E-state index contributed by atoms with van der Waals surface area (Å²) in [7, 11) is 1.94. The Morgan fingerprint density at radius 1 is 1.22 bits per heavy atom. The minimum Gasteiger partial charge on any atom is -0.356 e. The molecule has 0 fully saturated rings. The number of hydrogen-bond donors (Lipinski definition) is 2. The first-order valence-corrected chi connectivity index (χ1v) is 8.09. The molecule has 23 heavy (non-hydrogen) atoms. The molecule has 1 aromatic carbocycles. The topological polar surface area (TPSA) is 67.1 Å². The molecule has 0 saturated carbocycles. The third kappa shape index (κ3) is 5.73. The lowest BCUT2D eigenvalue weighted by atomic mass is 10.1. The van der Waals surface area contributed by atoms with Crippen molar-refractivity contribution in [3.05, 3.63) is 47.5 Å². The first-order valence-electron chi connectivity index (χ1n) is 8.09. The first-order chi connectivity index (χ1) is 11.2. The van der Waals surface area contributed by atoms with E-state index in [1.54, 1.807) is 6.33 Å². The molecule has 0 aliphatic rings. The molecule has 6 heteroatoms. The molecule has 0 radical (unpaired) electrons. The molecule has 0 aliphatic carbocycles. The Morgan fingerprint density at radius 2 is 2.00 bits per heavy atom. The van der Waals surface area contributed by atoms with Crippen LogP contribution in [0.5, 0.6) is 0 Å². The van der Waals surface area contributed by atoms with Gasteiger partial charge in [0.15, 0.2) is 11.8 Å². The van der Waals surface area contributed by atoms with Crippen molar-refractivity contribution in [3.8, 4) is 0 Å². The summed E-state index contributed by atoms with van der Waals surface area (Å²) in [5.74, 6) is 1.69. The number of nitrogens with zero attached hydrogens (tertiary/aromatic N) is 4. The summed E-state index contributed by atoms with van der Waals surface area (Å²) in [5, 5.41) is 14.7. The van der Waals surface area contributed by atoms with Crippen LogP contribution in [0.3, 0.4) is 0 Å². The van der Waals surface area contributed by atoms with E-state index >= 15 is 0 Å². The molecule has 0 atom stereocenters. The Bertz CT molecular complexity index is 614. The van der Waals surface area contributed by atoms with Gasteiger partial charge < -0.3 is 15.2 Å². The number of unbranched alkanes of at least 4 members (excludes halogenated alkanes) is 1. The van der Waals surface area contributed by atoms with Crippen LogP contribution in [0.25, 0.3) is 0 Å². The number of guanidine groups is 1. The van der Waals surface area contributed by atoms with E-state index in [4.69, 9.17) is 0 Å². The van der Waals surface area contributed by atoms with E-state index in [0.29, 0.717) is 13.1 Å². The summed E-state index contributed by atoms with van der Waals surface area (Å²) in [6.45, 7) is 6.43. The highest BCUT2D eigenvalue weighted by atomic mass is 15.3. The zero-order chi connectivity index (χ0) is 16.5. The van der Waals surface area contributed by atoms with Crippen LogP contribution in [0, 0.1) is 6.92 Å². The molecule has 2 N–H and O–H groups in total. The highest BCUT2D eigenvalue weighted by Crippen LogP contribution is 2.04. The maximum atomic E-state index is 4.66. The summed E-state index contributed by atoms with van der Waals surface area (Å²) < 4.78 is 1.90. The lowest BCUT2D eigenvalue weighted by Crippen LogP contribution is -2.38. The number of nitrogens with one attached hydrogen (secondary N) is 2. The third-order valence-corrected chi connectivity index (χ3v) is 3.58. The fraction of sp³-hybridized carbons (Fsp3) is 0.471. The fourth-order valence-corrected chi connectivity index (χ4v) is 2.05. The van der Waals surface area contributed by atoms with Gasteiger partial charge in [0.25, 0.3) is 0 Å². The lowest BCUT2D eigenvalue weighted by molar-refractivity contribution is 0.699. The van der Waals surface area contributed by atoms with Gasteiger partial charge in [-0.2, -0.15) is 0 Å². The Morgan fingerprint density at radius 3 is 2.65 bits per heavy atom. The largest absolute Gasteiger partial charge is 0.356 e. The summed E-state index contributed by atoms with van der Waals surface area (Å²) in [4.78, 5) is 4.66. The molecule has 124 valence electrons. The van der Waals surface area contributed by atoms with Gasteiger partial charge in [0, 0.05) is 13.6 Å². The number of benzene rings is 1. The van der Waals surface area contributed by atoms with Crippen LogP contribution in [-0.4, -0.2) is 27.3 Å². The van der Waals surface area contributed by atoms with Crippen molar-refractivity contribution < 1.29 is 0 Å². The van der Waals surface area contributed by atoms with Gasteiger partial charge in [0.05, 0.1) is 13.1 Å².